The number of hydrogen-bond acceptors (Lipinski definition) is 4. The molecule has 0 aliphatic carbocycles. The number of nitro groups is 1. The minimum Gasteiger partial charge on any atom is -0.306 e. The molecule has 18 heavy (non-hydrogen) atoms. The first-order valence-corrected chi connectivity index (χ1v) is 5.27. The molecule has 0 atom stereocenters. The maximum atomic E-state index is 11.0. The van der Waals surface area contributed by atoms with Crippen molar-refractivity contribution in [3.8, 4) is 5.69 Å². The number of nitro benzene ring substituents is 1. The van der Waals surface area contributed by atoms with Crippen LogP contribution < -0.4 is 0 Å². The van der Waals surface area contributed by atoms with Crippen LogP contribution in [0.3, 0.4) is 0 Å². The molecule has 6 nitrogen and oxygen atoms in total. The molecule has 0 saturated heterocycles. The van der Waals surface area contributed by atoms with Gasteiger partial charge >= 0.3 is 0 Å². The van der Waals surface area contributed by atoms with Crippen LogP contribution in [0.5, 0.6) is 0 Å². The number of nitrogens with zero attached hydrogens (tertiary/aromatic N) is 4. The summed E-state index contributed by atoms with van der Waals surface area (Å²) in [7, 11) is 0. The number of aromatic nitrogens is 3. The summed E-state index contributed by atoms with van der Waals surface area (Å²) in [6, 6.07) is 4.84. The van der Waals surface area contributed by atoms with Gasteiger partial charge in [-0.25, -0.2) is 4.98 Å². The van der Waals surface area contributed by atoms with Crippen LogP contribution in [-0.2, 0) is 0 Å². The number of benzene rings is 1. The van der Waals surface area contributed by atoms with Crippen molar-refractivity contribution in [2.24, 2.45) is 0 Å². The van der Waals surface area contributed by atoms with Gasteiger partial charge in [-0.05, 0) is 12.1 Å². The van der Waals surface area contributed by atoms with Crippen molar-refractivity contribution in [3.63, 3.8) is 0 Å². The average Bonchev–Trinajstić information content (AvgIpc) is 2.91. The Bertz CT molecular complexity index is 722. The lowest BCUT2D eigenvalue weighted by atomic mass is 10.1. The first-order chi connectivity index (χ1) is 8.77. The molecule has 88 valence electrons. The van der Waals surface area contributed by atoms with Gasteiger partial charge in [0, 0.05) is 36.2 Å². The van der Waals surface area contributed by atoms with Crippen LogP contribution in [0.4, 0.5) is 5.69 Å². The lowest BCUT2D eigenvalue weighted by Crippen LogP contribution is -1.96. The zero-order valence-electron chi connectivity index (χ0n) is 9.22. The summed E-state index contributed by atoms with van der Waals surface area (Å²) >= 11 is 0. The quantitative estimate of drug-likeness (QED) is 0.509. The molecule has 3 rings (SSSR count). The van der Waals surface area contributed by atoms with E-state index in [1.165, 1.54) is 6.07 Å². The molecular weight excluding hydrogens is 232 g/mol. The third-order valence-corrected chi connectivity index (χ3v) is 2.75. The second-order valence-corrected chi connectivity index (χ2v) is 3.75. The van der Waals surface area contributed by atoms with Crippen LogP contribution in [0.2, 0.25) is 0 Å². The summed E-state index contributed by atoms with van der Waals surface area (Å²) in [4.78, 5) is 18.6. The second kappa shape index (κ2) is 3.92. The van der Waals surface area contributed by atoms with E-state index in [1.807, 2.05) is 0 Å². The van der Waals surface area contributed by atoms with Crippen LogP contribution in [0.15, 0.2) is 49.3 Å². The first-order valence-electron chi connectivity index (χ1n) is 5.27. The van der Waals surface area contributed by atoms with Crippen molar-refractivity contribution >= 4 is 16.5 Å². The van der Waals surface area contributed by atoms with Crippen molar-refractivity contribution in [1.29, 1.82) is 0 Å². The van der Waals surface area contributed by atoms with E-state index in [-0.39, 0.29) is 10.6 Å². The predicted octanol–water partition coefficient (Wildman–Crippen LogP) is 2.33. The predicted molar refractivity (Wildman–Crippen MR) is 65.5 cm³/mol. The van der Waals surface area contributed by atoms with E-state index in [4.69, 9.17) is 0 Å². The molecule has 2 aromatic heterocycles. The third-order valence-electron chi connectivity index (χ3n) is 2.75. The Kier molecular flexibility index (Phi) is 2.26. The van der Waals surface area contributed by atoms with Crippen molar-refractivity contribution in [1.82, 2.24) is 14.5 Å². The number of fused-ring (bicyclic) bond motifs is 1. The highest BCUT2D eigenvalue weighted by atomic mass is 16.6. The van der Waals surface area contributed by atoms with Gasteiger partial charge in [-0.15, -0.1) is 0 Å². The van der Waals surface area contributed by atoms with E-state index in [0.717, 1.165) is 11.1 Å². The Balaban J connectivity index is 2.37. The van der Waals surface area contributed by atoms with E-state index in [2.05, 4.69) is 9.97 Å². The number of non-ortho nitro benzene ring substituents is 1. The molecule has 6 heteroatoms. The maximum absolute atomic E-state index is 11.0. The zero-order valence-corrected chi connectivity index (χ0v) is 9.22. The fourth-order valence-electron chi connectivity index (χ4n) is 1.95. The zero-order chi connectivity index (χ0) is 12.5. The normalized spacial score (nSPS) is 10.7. The van der Waals surface area contributed by atoms with Crippen LogP contribution in [-0.4, -0.2) is 19.5 Å². The number of imidazole rings is 1. The summed E-state index contributed by atoms with van der Waals surface area (Å²) in [6.45, 7) is 0. The van der Waals surface area contributed by atoms with E-state index in [9.17, 15) is 10.1 Å². The van der Waals surface area contributed by atoms with Crippen LogP contribution >= 0.6 is 0 Å². The fourth-order valence-corrected chi connectivity index (χ4v) is 1.95. The highest BCUT2D eigenvalue weighted by Gasteiger charge is 2.14. The molecule has 0 radical (unpaired) electrons. The Morgan fingerprint density at radius 1 is 1.11 bits per heavy atom. The molecule has 0 spiro atoms. The van der Waals surface area contributed by atoms with Crippen LogP contribution in [0.1, 0.15) is 0 Å². The highest BCUT2D eigenvalue weighted by molar-refractivity contribution is 5.96. The molecule has 1 aromatic carbocycles. The average molecular weight is 240 g/mol. The Labute approximate surface area is 102 Å². The lowest BCUT2D eigenvalue weighted by Gasteiger charge is -2.06. The summed E-state index contributed by atoms with van der Waals surface area (Å²) in [5.41, 5.74) is 0.900. The van der Waals surface area contributed by atoms with Gasteiger partial charge < -0.3 is 4.57 Å². The number of rotatable bonds is 2. The Morgan fingerprint density at radius 2 is 2.00 bits per heavy atom. The van der Waals surface area contributed by atoms with E-state index < -0.39 is 0 Å². The molecule has 0 saturated carbocycles. The number of hydrogen-bond donors (Lipinski definition) is 0. The summed E-state index contributed by atoms with van der Waals surface area (Å²) in [5, 5.41) is 12.3. The molecule has 3 aromatic rings. The van der Waals surface area contributed by atoms with Gasteiger partial charge in [-0.1, -0.05) is 0 Å². The highest BCUT2D eigenvalue weighted by Crippen LogP contribution is 2.29. The second-order valence-electron chi connectivity index (χ2n) is 3.75. The third kappa shape index (κ3) is 1.51. The summed E-state index contributed by atoms with van der Waals surface area (Å²) in [6.07, 6.45) is 8.26. The van der Waals surface area contributed by atoms with E-state index >= 15 is 0 Å². The smallest absolute Gasteiger partial charge is 0.277 e. The maximum Gasteiger partial charge on any atom is 0.277 e. The largest absolute Gasteiger partial charge is 0.306 e. The van der Waals surface area contributed by atoms with Gasteiger partial charge in [-0.3, -0.25) is 15.1 Å². The van der Waals surface area contributed by atoms with Gasteiger partial charge in [-0.2, -0.15) is 0 Å². The van der Waals surface area contributed by atoms with Crippen LogP contribution in [0.25, 0.3) is 16.5 Å². The molecule has 0 amide bonds. The molecule has 0 unspecified atom stereocenters. The summed E-state index contributed by atoms with van der Waals surface area (Å²) in [5.74, 6) is 0. The topological polar surface area (TPSA) is 73.8 Å². The Hall–Kier alpha value is -2.76. The van der Waals surface area contributed by atoms with Gasteiger partial charge in [0.15, 0.2) is 0 Å². The molecule has 0 aliphatic heterocycles. The molecule has 0 fully saturated rings. The Morgan fingerprint density at radius 3 is 2.72 bits per heavy atom. The van der Waals surface area contributed by atoms with Crippen molar-refractivity contribution in [2.45, 2.75) is 0 Å². The molecule has 0 aliphatic rings. The minimum atomic E-state index is -0.389. The lowest BCUT2D eigenvalue weighted by molar-refractivity contribution is -0.383. The van der Waals surface area contributed by atoms with Gasteiger partial charge in [0.1, 0.15) is 0 Å². The monoisotopic (exact) mass is 240 g/mol. The molecular formula is C12H8N4O2. The van der Waals surface area contributed by atoms with Crippen molar-refractivity contribution < 1.29 is 4.92 Å². The molecule has 0 bridgehead atoms. The number of pyridine rings is 1. The van der Waals surface area contributed by atoms with Crippen LogP contribution in [0, 0.1) is 10.1 Å². The van der Waals surface area contributed by atoms with Gasteiger partial charge in [0.25, 0.3) is 5.69 Å². The SMILES string of the molecule is O=[N+]([O-])c1ccc(-n2ccnc2)c2cnccc12. The van der Waals surface area contributed by atoms with Crippen molar-refractivity contribution in [2.75, 3.05) is 0 Å². The molecule has 0 N–H and O–H groups in total. The fraction of sp³-hybridized carbons (Fsp3) is 0. The standard InChI is InChI=1S/C12H8N4O2/c17-16(18)12-2-1-11(15-6-5-14-8-15)10-7-13-4-3-9(10)12/h1-8H. The minimum absolute atomic E-state index is 0.0799. The summed E-state index contributed by atoms with van der Waals surface area (Å²) < 4.78 is 1.80. The van der Waals surface area contributed by atoms with E-state index in [1.54, 1.807) is 47.8 Å². The molecule has 2 heterocycles. The van der Waals surface area contributed by atoms with Crippen molar-refractivity contribution in [3.05, 3.63) is 59.4 Å². The first kappa shape index (κ1) is 10.4. The van der Waals surface area contributed by atoms with Gasteiger partial charge in [0.05, 0.1) is 22.3 Å². The van der Waals surface area contributed by atoms with Gasteiger partial charge in [0.2, 0.25) is 0 Å². The van der Waals surface area contributed by atoms with E-state index in [0.29, 0.717) is 5.39 Å².